The molecule has 2 fully saturated rings. The van der Waals surface area contributed by atoms with Gasteiger partial charge in [-0.15, -0.1) is 0 Å². The number of alkyl halides is 2. The molecule has 1 aromatic heterocycles. The zero-order valence-electron chi connectivity index (χ0n) is 24.3. The zero-order chi connectivity index (χ0) is 31.0. The first kappa shape index (κ1) is 30.6. The van der Waals surface area contributed by atoms with Crippen LogP contribution in [-0.4, -0.2) is 78.8 Å². The number of ether oxygens (including phenoxy) is 1. The number of halogens is 5. The van der Waals surface area contributed by atoms with E-state index in [1.807, 2.05) is 32.7 Å². The number of carbonyl (C=O) groups is 1. The highest BCUT2D eigenvalue weighted by molar-refractivity contribution is 6.07. The van der Waals surface area contributed by atoms with E-state index in [1.165, 1.54) is 12.4 Å². The molecular formula is C30H33F5N6O2. The van der Waals surface area contributed by atoms with Crippen LogP contribution in [-0.2, 0) is 4.74 Å². The van der Waals surface area contributed by atoms with Crippen molar-refractivity contribution < 1.29 is 31.5 Å². The van der Waals surface area contributed by atoms with Crippen molar-refractivity contribution in [2.45, 2.75) is 45.4 Å². The predicted molar refractivity (Wildman–Crippen MR) is 153 cm³/mol. The molecule has 1 amide bonds. The molecule has 2 aliphatic heterocycles. The number of hydrogen-bond donors (Lipinski definition) is 1. The van der Waals surface area contributed by atoms with E-state index in [1.54, 1.807) is 4.90 Å². The van der Waals surface area contributed by atoms with Crippen LogP contribution >= 0.6 is 0 Å². The molecule has 3 atom stereocenters. The van der Waals surface area contributed by atoms with Gasteiger partial charge in [0.2, 0.25) is 5.95 Å². The van der Waals surface area contributed by atoms with Gasteiger partial charge in [0.05, 0.1) is 23.5 Å². The van der Waals surface area contributed by atoms with Gasteiger partial charge in [0, 0.05) is 73.9 Å². The maximum absolute atomic E-state index is 16.4. The van der Waals surface area contributed by atoms with Gasteiger partial charge in [0.1, 0.15) is 17.3 Å². The number of benzene rings is 2. The summed E-state index contributed by atoms with van der Waals surface area (Å²) in [6.07, 6.45) is -0.662. The molecule has 5 rings (SSSR count). The highest BCUT2D eigenvalue weighted by Gasteiger charge is 2.30. The Labute approximate surface area is 246 Å². The molecule has 0 spiro atoms. The molecule has 2 aliphatic rings. The molecular weight excluding hydrogens is 571 g/mol. The summed E-state index contributed by atoms with van der Waals surface area (Å²) in [6, 6.07) is 3.47. The fourth-order valence-corrected chi connectivity index (χ4v) is 5.56. The van der Waals surface area contributed by atoms with Crippen molar-refractivity contribution in [3.05, 3.63) is 65.2 Å². The first-order valence-electron chi connectivity index (χ1n) is 14.0. The molecule has 2 aromatic carbocycles. The first-order chi connectivity index (χ1) is 20.4. The minimum atomic E-state index is -3.16. The molecule has 0 aliphatic carbocycles. The Bertz CT molecular complexity index is 1480. The molecule has 13 heteroatoms. The van der Waals surface area contributed by atoms with E-state index in [-0.39, 0.29) is 35.2 Å². The monoisotopic (exact) mass is 604 g/mol. The third-order valence-corrected chi connectivity index (χ3v) is 7.86. The van der Waals surface area contributed by atoms with E-state index in [0.29, 0.717) is 44.7 Å². The normalized spacial score (nSPS) is 21.4. The average Bonchev–Trinajstić information content (AvgIpc) is 2.95. The molecule has 0 bridgehead atoms. The number of anilines is 3. The van der Waals surface area contributed by atoms with Crippen LogP contribution in [0.2, 0.25) is 0 Å². The molecule has 230 valence electrons. The van der Waals surface area contributed by atoms with Gasteiger partial charge in [-0.05, 0) is 46.0 Å². The summed E-state index contributed by atoms with van der Waals surface area (Å²) in [5.74, 6) is -3.67. The fourth-order valence-electron chi connectivity index (χ4n) is 5.56. The number of likely N-dealkylation sites (N-methyl/N-ethyl adjacent to an activating group) is 1. The SMILES string of the molecule is CC1CN(c2cc(F)c(-c3cnc(N4C[C@@H](C)O[C@H](C)C4)nc3)c(F)c2NC(=O)c2ccc(F)cc2C(F)F)CCN1C. The lowest BCUT2D eigenvalue weighted by Gasteiger charge is -2.39. The third kappa shape index (κ3) is 6.42. The number of rotatable bonds is 6. The Morgan fingerprint density at radius 2 is 1.65 bits per heavy atom. The van der Waals surface area contributed by atoms with E-state index in [2.05, 4.69) is 20.2 Å². The Kier molecular flexibility index (Phi) is 8.84. The summed E-state index contributed by atoms with van der Waals surface area (Å²) in [7, 11) is 1.93. The summed E-state index contributed by atoms with van der Waals surface area (Å²) < 4.78 is 78.9. The standard InChI is InChI=1S/C30H33F5N6O2/c1-16-13-40(8-7-39(16)4)24-10-23(32)25(19-11-36-30(37-12-19)41-14-17(2)43-18(3)15-41)26(33)27(24)38-29(42)21-6-5-20(31)9-22(21)28(34)35/h5-6,9-12,16-18,28H,7-8,13-15H2,1-4H3,(H,38,42)/t16?,17-,18-/m1/s1. The largest absolute Gasteiger partial charge is 0.372 e. The van der Waals surface area contributed by atoms with Gasteiger partial charge >= 0.3 is 0 Å². The minimum absolute atomic E-state index is 0.0250. The second kappa shape index (κ2) is 12.4. The van der Waals surface area contributed by atoms with Gasteiger partial charge in [-0.25, -0.2) is 31.9 Å². The lowest BCUT2D eigenvalue weighted by molar-refractivity contribution is -0.00572. The van der Waals surface area contributed by atoms with Crippen LogP contribution in [0.4, 0.5) is 39.3 Å². The lowest BCUT2D eigenvalue weighted by Crippen LogP contribution is -2.50. The van der Waals surface area contributed by atoms with Gasteiger partial charge in [-0.1, -0.05) is 0 Å². The number of morpholine rings is 1. The van der Waals surface area contributed by atoms with Gasteiger partial charge in [-0.2, -0.15) is 0 Å². The minimum Gasteiger partial charge on any atom is -0.372 e. The molecule has 1 unspecified atom stereocenters. The molecule has 2 saturated heterocycles. The number of carbonyl (C=O) groups excluding carboxylic acids is 1. The molecule has 0 saturated carbocycles. The molecule has 3 aromatic rings. The summed E-state index contributed by atoms with van der Waals surface area (Å²) in [5, 5.41) is 2.39. The van der Waals surface area contributed by atoms with E-state index >= 15 is 8.78 Å². The number of aromatic nitrogens is 2. The summed E-state index contributed by atoms with van der Waals surface area (Å²) in [4.78, 5) is 27.7. The van der Waals surface area contributed by atoms with Crippen molar-refractivity contribution in [3.63, 3.8) is 0 Å². The summed E-state index contributed by atoms with van der Waals surface area (Å²) in [6.45, 7) is 8.27. The second-order valence-electron chi connectivity index (χ2n) is 11.1. The molecule has 8 nitrogen and oxygen atoms in total. The van der Waals surface area contributed by atoms with Crippen LogP contribution in [0.25, 0.3) is 11.1 Å². The number of hydrogen-bond acceptors (Lipinski definition) is 7. The van der Waals surface area contributed by atoms with Crippen LogP contribution in [0, 0.1) is 17.5 Å². The second-order valence-corrected chi connectivity index (χ2v) is 11.1. The molecule has 1 N–H and O–H groups in total. The van der Waals surface area contributed by atoms with Gasteiger partial charge in [0.15, 0.2) is 5.82 Å². The van der Waals surface area contributed by atoms with Crippen LogP contribution in [0.5, 0.6) is 0 Å². The van der Waals surface area contributed by atoms with E-state index in [0.717, 1.165) is 18.2 Å². The van der Waals surface area contributed by atoms with Crippen molar-refractivity contribution in [2.24, 2.45) is 0 Å². The first-order valence-corrected chi connectivity index (χ1v) is 14.0. The van der Waals surface area contributed by atoms with Gasteiger partial charge < -0.3 is 24.8 Å². The maximum atomic E-state index is 16.4. The van der Waals surface area contributed by atoms with Crippen molar-refractivity contribution >= 4 is 23.2 Å². The van der Waals surface area contributed by atoms with E-state index in [4.69, 9.17) is 4.74 Å². The number of piperazine rings is 1. The maximum Gasteiger partial charge on any atom is 0.264 e. The summed E-state index contributed by atoms with van der Waals surface area (Å²) >= 11 is 0. The Balaban J connectivity index is 1.55. The smallest absolute Gasteiger partial charge is 0.264 e. The lowest BCUT2D eigenvalue weighted by atomic mass is 10.0. The number of nitrogens with zero attached hydrogens (tertiary/aromatic N) is 5. The van der Waals surface area contributed by atoms with Crippen molar-refractivity contribution in [1.29, 1.82) is 0 Å². The van der Waals surface area contributed by atoms with E-state index in [9.17, 15) is 18.0 Å². The Hall–Kier alpha value is -3.84. The zero-order valence-corrected chi connectivity index (χ0v) is 24.3. The average molecular weight is 605 g/mol. The molecule has 43 heavy (non-hydrogen) atoms. The molecule has 0 radical (unpaired) electrons. The highest BCUT2D eigenvalue weighted by Crippen LogP contribution is 2.39. The Morgan fingerprint density at radius 1 is 0.977 bits per heavy atom. The Morgan fingerprint density at radius 3 is 2.28 bits per heavy atom. The van der Waals surface area contributed by atoms with Crippen LogP contribution < -0.4 is 15.1 Å². The number of amides is 1. The topological polar surface area (TPSA) is 73.8 Å². The number of nitrogens with one attached hydrogen (secondary N) is 1. The van der Waals surface area contributed by atoms with Crippen LogP contribution in [0.3, 0.4) is 0 Å². The summed E-state index contributed by atoms with van der Waals surface area (Å²) in [5.41, 5.74) is -2.16. The van der Waals surface area contributed by atoms with Crippen molar-refractivity contribution in [2.75, 3.05) is 54.9 Å². The highest BCUT2D eigenvalue weighted by atomic mass is 19.3. The predicted octanol–water partition coefficient (Wildman–Crippen LogP) is 5.50. The van der Waals surface area contributed by atoms with Gasteiger partial charge in [0.25, 0.3) is 12.3 Å². The van der Waals surface area contributed by atoms with Crippen LogP contribution in [0.15, 0.2) is 36.7 Å². The van der Waals surface area contributed by atoms with Crippen molar-refractivity contribution in [1.82, 2.24) is 14.9 Å². The quantitative estimate of drug-likeness (QED) is 0.373. The van der Waals surface area contributed by atoms with Gasteiger partial charge in [-0.3, -0.25) is 4.79 Å². The molecule has 3 heterocycles. The van der Waals surface area contributed by atoms with E-state index < -0.39 is 46.5 Å². The third-order valence-electron chi connectivity index (χ3n) is 7.86. The fraction of sp³-hybridized carbons (Fsp3) is 0.433. The van der Waals surface area contributed by atoms with Crippen LogP contribution in [0.1, 0.15) is 43.1 Å². The van der Waals surface area contributed by atoms with Crippen molar-refractivity contribution in [3.8, 4) is 11.1 Å².